The van der Waals surface area contributed by atoms with Crippen LogP contribution in [0.4, 0.5) is 5.69 Å². The number of benzene rings is 1. The summed E-state index contributed by atoms with van der Waals surface area (Å²) in [5.74, 6) is 0.751. The van der Waals surface area contributed by atoms with E-state index in [4.69, 9.17) is 35.4 Å². The maximum absolute atomic E-state index is 5.95. The van der Waals surface area contributed by atoms with Gasteiger partial charge >= 0.3 is 0 Å². The van der Waals surface area contributed by atoms with E-state index in [1.54, 1.807) is 18.2 Å². The Labute approximate surface area is 137 Å². The molecule has 5 heteroatoms. The van der Waals surface area contributed by atoms with Gasteiger partial charge in [0, 0.05) is 21.8 Å². The maximum Gasteiger partial charge on any atom is 0.170 e. The van der Waals surface area contributed by atoms with Crippen molar-refractivity contribution in [3.8, 4) is 0 Å². The second-order valence-electron chi connectivity index (χ2n) is 5.48. The van der Waals surface area contributed by atoms with E-state index in [9.17, 15) is 0 Å². The van der Waals surface area contributed by atoms with Crippen molar-refractivity contribution in [1.82, 2.24) is 5.32 Å². The highest BCUT2D eigenvalue weighted by Crippen LogP contribution is 2.22. The van der Waals surface area contributed by atoms with Crippen molar-refractivity contribution in [3.63, 3.8) is 0 Å². The third-order valence-electron chi connectivity index (χ3n) is 2.92. The molecule has 1 aromatic carbocycles. The van der Waals surface area contributed by atoms with Crippen LogP contribution in [0.15, 0.2) is 18.2 Å². The number of thiocarbonyl (C=S) groups is 1. The highest BCUT2D eigenvalue weighted by atomic mass is 35.5. The Morgan fingerprint density at radius 1 is 1.10 bits per heavy atom. The fraction of sp³-hybridized carbons (Fsp3) is 0.533. The van der Waals surface area contributed by atoms with Gasteiger partial charge in [-0.3, -0.25) is 0 Å². The molecule has 0 heterocycles. The molecule has 1 rings (SSSR count). The molecule has 0 fully saturated rings. The highest BCUT2D eigenvalue weighted by Gasteiger charge is 2.06. The van der Waals surface area contributed by atoms with Crippen molar-refractivity contribution in [2.45, 2.75) is 46.1 Å². The van der Waals surface area contributed by atoms with E-state index in [2.05, 4.69) is 31.4 Å². The minimum absolute atomic E-state index is 0.350. The number of anilines is 1. The van der Waals surface area contributed by atoms with Gasteiger partial charge in [0.05, 0.1) is 0 Å². The molecule has 2 nitrogen and oxygen atoms in total. The number of hydrogen-bond donors (Lipinski definition) is 2. The van der Waals surface area contributed by atoms with Crippen molar-refractivity contribution in [2.24, 2.45) is 5.92 Å². The van der Waals surface area contributed by atoms with Crippen LogP contribution in [0, 0.1) is 5.92 Å². The van der Waals surface area contributed by atoms with Crippen LogP contribution in [-0.2, 0) is 0 Å². The molecule has 0 amide bonds. The van der Waals surface area contributed by atoms with E-state index in [0.29, 0.717) is 21.2 Å². The second kappa shape index (κ2) is 8.71. The monoisotopic (exact) mass is 332 g/mol. The molecule has 0 radical (unpaired) electrons. The zero-order valence-electron chi connectivity index (χ0n) is 12.2. The van der Waals surface area contributed by atoms with Gasteiger partial charge in [0.2, 0.25) is 0 Å². The van der Waals surface area contributed by atoms with Gasteiger partial charge in [-0.05, 0) is 49.7 Å². The first-order chi connectivity index (χ1) is 9.36. The molecule has 20 heavy (non-hydrogen) atoms. The molecule has 0 saturated heterocycles. The first-order valence-electron chi connectivity index (χ1n) is 6.90. The summed E-state index contributed by atoms with van der Waals surface area (Å²) in [6, 6.07) is 5.64. The largest absolute Gasteiger partial charge is 0.360 e. The van der Waals surface area contributed by atoms with Crippen LogP contribution in [0.25, 0.3) is 0 Å². The number of rotatable bonds is 6. The first-order valence-corrected chi connectivity index (χ1v) is 8.07. The summed E-state index contributed by atoms with van der Waals surface area (Å²) in [7, 11) is 0. The maximum atomic E-state index is 5.95. The van der Waals surface area contributed by atoms with Crippen molar-refractivity contribution in [2.75, 3.05) is 5.32 Å². The highest BCUT2D eigenvalue weighted by molar-refractivity contribution is 7.80. The Kier molecular flexibility index (Phi) is 7.63. The normalized spacial score (nSPS) is 12.3. The fourth-order valence-corrected chi connectivity index (χ4v) is 2.77. The molecular weight excluding hydrogens is 311 g/mol. The molecule has 0 saturated carbocycles. The zero-order valence-corrected chi connectivity index (χ0v) is 14.5. The van der Waals surface area contributed by atoms with E-state index in [-0.39, 0.29) is 0 Å². The second-order valence-corrected chi connectivity index (χ2v) is 6.76. The Morgan fingerprint density at radius 2 is 1.70 bits per heavy atom. The Balaban J connectivity index is 2.39. The van der Waals surface area contributed by atoms with Crippen LogP contribution in [0.3, 0.4) is 0 Å². The molecule has 0 aliphatic rings. The summed E-state index contributed by atoms with van der Waals surface area (Å²) in [4.78, 5) is 0. The molecular formula is C15H22Cl2N2S. The quantitative estimate of drug-likeness (QED) is 0.673. The number of nitrogens with one attached hydrogen (secondary N) is 2. The van der Waals surface area contributed by atoms with Gasteiger partial charge in [0.15, 0.2) is 5.11 Å². The van der Waals surface area contributed by atoms with Gasteiger partial charge < -0.3 is 10.6 Å². The topological polar surface area (TPSA) is 24.1 Å². The van der Waals surface area contributed by atoms with Crippen LogP contribution >= 0.6 is 35.4 Å². The molecule has 0 aromatic heterocycles. The fourth-order valence-electron chi connectivity index (χ4n) is 1.92. The lowest BCUT2D eigenvalue weighted by molar-refractivity contribution is 0.495. The summed E-state index contributed by atoms with van der Waals surface area (Å²) in [6.07, 6.45) is 3.56. The van der Waals surface area contributed by atoms with Gasteiger partial charge in [-0.15, -0.1) is 0 Å². The van der Waals surface area contributed by atoms with Crippen molar-refractivity contribution in [3.05, 3.63) is 28.2 Å². The van der Waals surface area contributed by atoms with Crippen molar-refractivity contribution < 1.29 is 0 Å². The molecule has 112 valence electrons. The Morgan fingerprint density at radius 3 is 2.25 bits per heavy atom. The third-order valence-corrected chi connectivity index (χ3v) is 3.57. The summed E-state index contributed by atoms with van der Waals surface area (Å²) in [5, 5.41) is 8.16. The van der Waals surface area contributed by atoms with Crippen molar-refractivity contribution in [1.29, 1.82) is 0 Å². The average molecular weight is 333 g/mol. The molecule has 1 atom stereocenters. The molecule has 0 aliphatic carbocycles. The molecule has 1 aromatic rings. The smallest absolute Gasteiger partial charge is 0.170 e. The lowest BCUT2D eigenvalue weighted by atomic mass is 10.0. The lowest BCUT2D eigenvalue weighted by Crippen LogP contribution is -2.35. The summed E-state index contributed by atoms with van der Waals surface area (Å²) >= 11 is 17.2. The third kappa shape index (κ3) is 7.32. The Hall–Kier alpha value is -0.510. The zero-order chi connectivity index (χ0) is 15.1. The van der Waals surface area contributed by atoms with E-state index in [1.807, 2.05) is 0 Å². The van der Waals surface area contributed by atoms with E-state index in [1.165, 1.54) is 12.8 Å². The van der Waals surface area contributed by atoms with Crippen LogP contribution in [-0.4, -0.2) is 11.2 Å². The van der Waals surface area contributed by atoms with Crippen LogP contribution in [0.1, 0.15) is 40.0 Å². The summed E-state index contributed by atoms with van der Waals surface area (Å²) in [6.45, 7) is 6.62. The molecule has 0 bridgehead atoms. The van der Waals surface area contributed by atoms with Crippen LogP contribution in [0.2, 0.25) is 10.0 Å². The Bertz CT molecular complexity index is 429. The van der Waals surface area contributed by atoms with Crippen LogP contribution < -0.4 is 10.6 Å². The minimum atomic E-state index is 0.350. The number of halogens is 2. The minimum Gasteiger partial charge on any atom is -0.360 e. The van der Waals surface area contributed by atoms with Crippen molar-refractivity contribution >= 4 is 46.2 Å². The predicted octanol–water partition coefficient (Wildman–Crippen LogP) is 5.49. The van der Waals surface area contributed by atoms with Gasteiger partial charge in [0.1, 0.15) is 0 Å². The van der Waals surface area contributed by atoms with E-state index >= 15 is 0 Å². The molecule has 1 unspecified atom stereocenters. The van der Waals surface area contributed by atoms with Gasteiger partial charge in [-0.25, -0.2) is 0 Å². The average Bonchev–Trinajstić information content (AvgIpc) is 2.25. The standard InChI is InChI=1S/C15H22Cl2N2S/c1-10(2)5-4-6-11(3)18-15(20)19-14-8-12(16)7-13(17)9-14/h7-11H,4-6H2,1-3H3,(H2,18,19,20). The molecule has 0 spiro atoms. The predicted molar refractivity (Wildman–Crippen MR) is 94.0 cm³/mol. The SMILES string of the molecule is CC(C)CCCC(C)NC(=S)Nc1cc(Cl)cc(Cl)c1. The van der Waals surface area contributed by atoms with E-state index < -0.39 is 0 Å². The first kappa shape index (κ1) is 17.5. The van der Waals surface area contributed by atoms with E-state index in [0.717, 1.165) is 18.0 Å². The lowest BCUT2D eigenvalue weighted by Gasteiger charge is -2.17. The molecule has 0 aliphatic heterocycles. The van der Waals surface area contributed by atoms with Gasteiger partial charge in [-0.1, -0.05) is 49.9 Å². The molecule has 2 N–H and O–H groups in total. The number of hydrogen-bond acceptors (Lipinski definition) is 1. The van der Waals surface area contributed by atoms with Gasteiger partial charge in [0.25, 0.3) is 0 Å². The summed E-state index contributed by atoms with van der Waals surface area (Å²) < 4.78 is 0. The summed E-state index contributed by atoms with van der Waals surface area (Å²) in [5.41, 5.74) is 0.800. The van der Waals surface area contributed by atoms with Gasteiger partial charge in [-0.2, -0.15) is 0 Å². The van der Waals surface area contributed by atoms with Crippen LogP contribution in [0.5, 0.6) is 0 Å².